The van der Waals surface area contributed by atoms with Crippen LogP contribution in [-0.2, 0) is 26.0 Å². The summed E-state index contributed by atoms with van der Waals surface area (Å²) in [7, 11) is -3.68. The van der Waals surface area contributed by atoms with Gasteiger partial charge in [-0.3, -0.25) is 4.79 Å². The molecule has 7 nitrogen and oxygen atoms in total. The Kier molecular flexibility index (Phi) is 6.34. The van der Waals surface area contributed by atoms with E-state index in [4.69, 9.17) is 4.74 Å². The molecule has 154 valence electrons. The summed E-state index contributed by atoms with van der Waals surface area (Å²) in [4.78, 5) is 24.7. The lowest BCUT2D eigenvalue weighted by molar-refractivity contribution is -0.123. The van der Waals surface area contributed by atoms with E-state index in [0.29, 0.717) is 5.69 Å². The van der Waals surface area contributed by atoms with E-state index in [1.165, 1.54) is 31.2 Å². The number of anilines is 1. The number of benzene rings is 2. The third kappa shape index (κ3) is 5.65. The SMILES string of the molecule is CCc1ccc(NC(=O)C(C)OC(=O)c2cccc(S(=O)(=O)NC3CC3)c2)cc1. The van der Waals surface area contributed by atoms with Crippen molar-refractivity contribution in [2.45, 2.75) is 50.2 Å². The standard InChI is InChI=1S/C21H24N2O5S/c1-3-15-7-9-17(10-8-15)22-20(24)14(2)28-21(25)16-5-4-6-19(13-16)29(26,27)23-18-11-12-18/h4-10,13-14,18,23H,3,11-12H2,1-2H3,(H,22,24). The van der Waals surface area contributed by atoms with Crippen molar-refractivity contribution >= 4 is 27.6 Å². The fourth-order valence-electron chi connectivity index (χ4n) is 2.63. The molecule has 0 heterocycles. The molecule has 1 aliphatic rings. The second kappa shape index (κ2) is 8.75. The summed E-state index contributed by atoms with van der Waals surface area (Å²) in [6, 6.07) is 12.9. The van der Waals surface area contributed by atoms with Crippen molar-refractivity contribution in [2.75, 3.05) is 5.32 Å². The molecule has 0 aliphatic heterocycles. The Hall–Kier alpha value is -2.71. The van der Waals surface area contributed by atoms with E-state index < -0.39 is 28.0 Å². The van der Waals surface area contributed by atoms with Crippen molar-refractivity contribution in [1.82, 2.24) is 4.72 Å². The highest BCUT2D eigenvalue weighted by molar-refractivity contribution is 7.89. The fraction of sp³-hybridized carbons (Fsp3) is 0.333. The number of aryl methyl sites for hydroxylation is 1. The van der Waals surface area contributed by atoms with Gasteiger partial charge in [0, 0.05) is 11.7 Å². The van der Waals surface area contributed by atoms with Gasteiger partial charge in [-0.2, -0.15) is 0 Å². The molecule has 2 aromatic carbocycles. The number of carbonyl (C=O) groups is 2. The maximum Gasteiger partial charge on any atom is 0.338 e. The average Bonchev–Trinajstić information content (AvgIpc) is 3.52. The highest BCUT2D eigenvalue weighted by atomic mass is 32.2. The number of hydrogen-bond donors (Lipinski definition) is 2. The number of sulfonamides is 1. The summed E-state index contributed by atoms with van der Waals surface area (Å²) in [6.45, 7) is 3.50. The first-order valence-corrected chi connectivity index (χ1v) is 11.0. The van der Waals surface area contributed by atoms with Crippen LogP contribution in [0.2, 0.25) is 0 Å². The zero-order chi connectivity index (χ0) is 21.0. The predicted molar refractivity (Wildman–Crippen MR) is 109 cm³/mol. The molecule has 2 aromatic rings. The van der Waals surface area contributed by atoms with Crippen molar-refractivity contribution in [3.63, 3.8) is 0 Å². The third-order valence-corrected chi connectivity index (χ3v) is 6.08. The molecule has 0 aromatic heterocycles. The first-order chi connectivity index (χ1) is 13.8. The summed E-state index contributed by atoms with van der Waals surface area (Å²) >= 11 is 0. The number of rotatable bonds is 8. The molecule has 0 bridgehead atoms. The molecule has 0 spiro atoms. The van der Waals surface area contributed by atoms with Crippen molar-refractivity contribution in [1.29, 1.82) is 0 Å². The summed E-state index contributed by atoms with van der Waals surface area (Å²) < 4.78 is 32.4. The minimum atomic E-state index is -3.68. The van der Waals surface area contributed by atoms with E-state index in [0.717, 1.165) is 24.8 Å². The molecule has 3 rings (SSSR count). The van der Waals surface area contributed by atoms with Gasteiger partial charge in [0.25, 0.3) is 5.91 Å². The van der Waals surface area contributed by atoms with Crippen LogP contribution < -0.4 is 10.0 Å². The van der Waals surface area contributed by atoms with Gasteiger partial charge in [-0.15, -0.1) is 0 Å². The molecule has 0 saturated heterocycles. The van der Waals surface area contributed by atoms with Crippen molar-refractivity contribution < 1.29 is 22.7 Å². The van der Waals surface area contributed by atoms with E-state index in [2.05, 4.69) is 10.0 Å². The maximum atomic E-state index is 12.4. The van der Waals surface area contributed by atoms with Gasteiger partial charge in [0.15, 0.2) is 6.10 Å². The zero-order valence-corrected chi connectivity index (χ0v) is 17.2. The Balaban J connectivity index is 1.62. The first-order valence-electron chi connectivity index (χ1n) is 9.51. The molecule has 1 aliphatic carbocycles. The highest BCUT2D eigenvalue weighted by Gasteiger charge is 2.28. The second-order valence-corrected chi connectivity index (χ2v) is 8.72. The van der Waals surface area contributed by atoms with Gasteiger partial charge in [-0.1, -0.05) is 25.1 Å². The highest BCUT2D eigenvalue weighted by Crippen LogP contribution is 2.22. The monoisotopic (exact) mass is 416 g/mol. The normalized spacial score (nSPS) is 14.8. The van der Waals surface area contributed by atoms with Gasteiger partial charge >= 0.3 is 5.97 Å². The van der Waals surface area contributed by atoms with Crippen molar-refractivity contribution in [2.24, 2.45) is 0 Å². The van der Waals surface area contributed by atoms with Crippen LogP contribution in [0, 0.1) is 0 Å². The van der Waals surface area contributed by atoms with Crippen LogP contribution in [0.25, 0.3) is 0 Å². The molecule has 2 N–H and O–H groups in total. The third-order valence-electron chi connectivity index (χ3n) is 4.56. The number of esters is 1. The molecule has 1 fully saturated rings. The fourth-order valence-corrected chi connectivity index (χ4v) is 3.98. The van der Waals surface area contributed by atoms with Crippen molar-refractivity contribution in [3.05, 3.63) is 59.7 Å². The van der Waals surface area contributed by atoms with Crippen LogP contribution in [0.3, 0.4) is 0 Å². The molecule has 1 atom stereocenters. The van der Waals surface area contributed by atoms with E-state index in [1.54, 1.807) is 12.1 Å². The molecule has 1 unspecified atom stereocenters. The Morgan fingerprint density at radius 2 is 1.83 bits per heavy atom. The minimum Gasteiger partial charge on any atom is -0.449 e. The number of hydrogen-bond acceptors (Lipinski definition) is 5. The van der Waals surface area contributed by atoms with Gasteiger partial charge in [0.1, 0.15) is 0 Å². The minimum absolute atomic E-state index is 0.00744. The Labute approximate surface area is 170 Å². The first kappa shape index (κ1) is 21.0. The second-order valence-electron chi connectivity index (χ2n) is 7.01. The van der Waals surface area contributed by atoms with Crippen LogP contribution in [0.4, 0.5) is 5.69 Å². The topological polar surface area (TPSA) is 102 Å². The lowest BCUT2D eigenvalue weighted by Gasteiger charge is -2.14. The lowest BCUT2D eigenvalue weighted by Crippen LogP contribution is -2.30. The van der Waals surface area contributed by atoms with Gasteiger partial charge in [0.05, 0.1) is 10.5 Å². The van der Waals surface area contributed by atoms with E-state index in [9.17, 15) is 18.0 Å². The molecule has 1 amide bonds. The van der Waals surface area contributed by atoms with Crippen LogP contribution in [0.1, 0.15) is 42.6 Å². The summed E-state index contributed by atoms with van der Waals surface area (Å²) in [5.41, 5.74) is 1.82. The van der Waals surface area contributed by atoms with Gasteiger partial charge in [0.2, 0.25) is 10.0 Å². The predicted octanol–water partition coefficient (Wildman–Crippen LogP) is 2.87. The number of carbonyl (C=O) groups excluding carboxylic acids is 2. The molecule has 8 heteroatoms. The Morgan fingerprint density at radius 1 is 1.14 bits per heavy atom. The van der Waals surface area contributed by atoms with Crippen LogP contribution in [-0.4, -0.2) is 32.4 Å². The summed E-state index contributed by atoms with van der Waals surface area (Å²) in [5, 5.41) is 2.69. The molecule has 29 heavy (non-hydrogen) atoms. The number of ether oxygens (including phenoxy) is 1. The smallest absolute Gasteiger partial charge is 0.338 e. The quantitative estimate of drug-likeness (QED) is 0.645. The van der Waals surface area contributed by atoms with Gasteiger partial charge in [-0.25, -0.2) is 17.9 Å². The molecular weight excluding hydrogens is 392 g/mol. The van der Waals surface area contributed by atoms with E-state index in [-0.39, 0.29) is 16.5 Å². The van der Waals surface area contributed by atoms with Crippen LogP contribution in [0.15, 0.2) is 53.4 Å². The summed E-state index contributed by atoms with van der Waals surface area (Å²) in [5.74, 6) is -1.24. The lowest BCUT2D eigenvalue weighted by atomic mass is 10.1. The number of nitrogens with one attached hydrogen (secondary N) is 2. The Bertz CT molecular complexity index is 998. The van der Waals surface area contributed by atoms with Gasteiger partial charge in [-0.05, 0) is 62.1 Å². The Morgan fingerprint density at radius 3 is 2.45 bits per heavy atom. The summed E-state index contributed by atoms with van der Waals surface area (Å²) in [6.07, 6.45) is 1.48. The molecular formula is C21H24N2O5S. The van der Waals surface area contributed by atoms with Gasteiger partial charge < -0.3 is 10.1 Å². The molecule has 0 radical (unpaired) electrons. The van der Waals surface area contributed by atoms with Crippen LogP contribution in [0.5, 0.6) is 0 Å². The van der Waals surface area contributed by atoms with Crippen molar-refractivity contribution in [3.8, 4) is 0 Å². The van der Waals surface area contributed by atoms with E-state index in [1.807, 2.05) is 19.1 Å². The average molecular weight is 416 g/mol. The van der Waals surface area contributed by atoms with Crippen LogP contribution >= 0.6 is 0 Å². The molecule has 1 saturated carbocycles. The van der Waals surface area contributed by atoms with E-state index >= 15 is 0 Å². The maximum absolute atomic E-state index is 12.4. The zero-order valence-electron chi connectivity index (χ0n) is 16.3. The largest absolute Gasteiger partial charge is 0.449 e. The number of amides is 1.